The van der Waals surface area contributed by atoms with Gasteiger partial charge < -0.3 is 4.74 Å². The Labute approximate surface area is 93.7 Å². The summed E-state index contributed by atoms with van der Waals surface area (Å²) in [6.45, 7) is 3.87. The van der Waals surface area contributed by atoms with Crippen molar-refractivity contribution in [3.8, 4) is 0 Å². The Bertz CT molecular complexity index is 327. The van der Waals surface area contributed by atoms with Crippen molar-refractivity contribution in [2.75, 3.05) is 6.61 Å². The molecule has 0 aliphatic heterocycles. The molecule has 0 atom stereocenters. The van der Waals surface area contributed by atoms with E-state index in [9.17, 15) is 4.79 Å². The molecule has 82 valence electrons. The molecule has 4 nitrogen and oxygen atoms in total. The summed E-state index contributed by atoms with van der Waals surface area (Å²) in [6, 6.07) is 3.20. The van der Waals surface area contributed by atoms with E-state index >= 15 is 0 Å². The molecule has 0 aliphatic rings. The van der Waals surface area contributed by atoms with Crippen LogP contribution in [0.15, 0.2) is 24.5 Å². The molecule has 5 heteroatoms. The number of esters is 1. The van der Waals surface area contributed by atoms with Crippen LogP contribution in [0.5, 0.6) is 0 Å². The third kappa shape index (κ3) is 3.85. The highest BCUT2D eigenvalue weighted by molar-refractivity contribution is 6.13. The van der Waals surface area contributed by atoms with Crippen LogP contribution in [-0.4, -0.2) is 23.1 Å². The minimum Gasteiger partial charge on any atom is -0.460 e. The van der Waals surface area contributed by atoms with Gasteiger partial charge in [0, 0.05) is 12.4 Å². The molecule has 0 unspecified atom stereocenters. The molecule has 0 fully saturated rings. The Morgan fingerprint density at radius 2 is 2.13 bits per heavy atom. The van der Waals surface area contributed by atoms with E-state index in [-0.39, 0.29) is 12.6 Å². The Balaban J connectivity index is 2.51. The Morgan fingerprint density at radius 3 is 2.67 bits per heavy atom. The van der Waals surface area contributed by atoms with Gasteiger partial charge in [-0.1, -0.05) is 0 Å². The lowest BCUT2D eigenvalue weighted by Gasteiger charge is -2.21. The molecule has 0 spiro atoms. The fourth-order valence-electron chi connectivity index (χ4n) is 0.845. The van der Waals surface area contributed by atoms with E-state index in [1.165, 1.54) is 0 Å². The fraction of sp³-hybridized carbons (Fsp3) is 0.400. The lowest BCUT2D eigenvalue weighted by molar-refractivity contribution is 0.0421. The van der Waals surface area contributed by atoms with Crippen LogP contribution in [-0.2, 0) is 4.74 Å². The molecular formula is C10H13ClN2O2. The highest BCUT2D eigenvalue weighted by Gasteiger charge is 2.19. The van der Waals surface area contributed by atoms with Gasteiger partial charge in [0.05, 0.1) is 11.1 Å². The third-order valence-corrected chi connectivity index (χ3v) is 2.25. The third-order valence-electron chi connectivity index (χ3n) is 1.74. The number of rotatable bonds is 4. The maximum Gasteiger partial charge on any atom is 0.338 e. The summed E-state index contributed by atoms with van der Waals surface area (Å²) >= 11 is 5.47. The molecule has 0 aromatic carbocycles. The van der Waals surface area contributed by atoms with E-state index < -0.39 is 5.54 Å². The van der Waals surface area contributed by atoms with Crippen molar-refractivity contribution in [1.82, 2.24) is 9.82 Å². The number of hydrogen-bond acceptors (Lipinski definition) is 4. The van der Waals surface area contributed by atoms with Crippen molar-refractivity contribution in [3.63, 3.8) is 0 Å². The molecule has 1 heterocycles. The Kier molecular flexibility index (Phi) is 4.05. The summed E-state index contributed by atoms with van der Waals surface area (Å²) in [5.74, 6) is -0.377. The first-order valence-corrected chi connectivity index (χ1v) is 4.88. The van der Waals surface area contributed by atoms with Gasteiger partial charge in [0.25, 0.3) is 0 Å². The lowest BCUT2D eigenvalue weighted by Crippen LogP contribution is -2.38. The number of carbonyl (C=O) groups excluding carboxylic acids is 1. The number of carbonyl (C=O) groups is 1. The van der Waals surface area contributed by atoms with E-state index in [0.717, 1.165) is 0 Å². The van der Waals surface area contributed by atoms with E-state index in [1.807, 2.05) is 13.8 Å². The van der Waals surface area contributed by atoms with Crippen molar-refractivity contribution in [2.24, 2.45) is 0 Å². The predicted molar refractivity (Wildman–Crippen MR) is 57.6 cm³/mol. The van der Waals surface area contributed by atoms with E-state index in [1.54, 1.807) is 24.5 Å². The summed E-state index contributed by atoms with van der Waals surface area (Å²) in [4.78, 5) is 17.8. The fourth-order valence-corrected chi connectivity index (χ4v) is 0.899. The van der Waals surface area contributed by atoms with Crippen molar-refractivity contribution >= 4 is 17.7 Å². The zero-order valence-electron chi connectivity index (χ0n) is 8.66. The Hall–Kier alpha value is -1.13. The van der Waals surface area contributed by atoms with Crippen LogP contribution >= 0.6 is 11.8 Å². The molecule has 1 aromatic rings. The molecule has 1 N–H and O–H groups in total. The number of pyridine rings is 1. The number of halogens is 1. The smallest absolute Gasteiger partial charge is 0.338 e. The van der Waals surface area contributed by atoms with Gasteiger partial charge in [-0.15, -0.1) is 0 Å². The second-order valence-electron chi connectivity index (χ2n) is 3.79. The monoisotopic (exact) mass is 228 g/mol. The maximum absolute atomic E-state index is 11.5. The average molecular weight is 229 g/mol. The minimum atomic E-state index is -0.440. The second kappa shape index (κ2) is 5.09. The summed E-state index contributed by atoms with van der Waals surface area (Å²) in [7, 11) is 0. The van der Waals surface area contributed by atoms with Crippen LogP contribution in [0.4, 0.5) is 0 Å². The first-order chi connectivity index (χ1) is 7.05. The summed E-state index contributed by atoms with van der Waals surface area (Å²) in [5, 5.41) is 0. The number of nitrogens with zero attached hydrogens (tertiary/aromatic N) is 1. The number of nitrogens with one attached hydrogen (secondary N) is 1. The van der Waals surface area contributed by atoms with Gasteiger partial charge in [0.15, 0.2) is 0 Å². The quantitative estimate of drug-likeness (QED) is 0.630. The normalized spacial score (nSPS) is 11.1. The van der Waals surface area contributed by atoms with Gasteiger partial charge in [-0.25, -0.2) is 9.63 Å². The maximum atomic E-state index is 11.5. The van der Waals surface area contributed by atoms with E-state index in [4.69, 9.17) is 16.5 Å². The molecule has 0 amide bonds. The van der Waals surface area contributed by atoms with Gasteiger partial charge in [-0.05, 0) is 37.8 Å². The topological polar surface area (TPSA) is 51.2 Å². The zero-order valence-corrected chi connectivity index (χ0v) is 9.41. The van der Waals surface area contributed by atoms with Crippen LogP contribution < -0.4 is 4.84 Å². The van der Waals surface area contributed by atoms with Gasteiger partial charge >= 0.3 is 5.97 Å². The SMILES string of the molecule is CC(C)(COC(=O)c1ccncc1)NCl. The van der Waals surface area contributed by atoms with Crippen LogP contribution in [0.3, 0.4) is 0 Å². The van der Waals surface area contributed by atoms with Crippen LogP contribution in [0.2, 0.25) is 0 Å². The van der Waals surface area contributed by atoms with E-state index in [2.05, 4.69) is 9.82 Å². The van der Waals surface area contributed by atoms with Crippen LogP contribution in [0.25, 0.3) is 0 Å². The molecule has 1 aromatic heterocycles. The minimum absolute atomic E-state index is 0.206. The molecule has 0 aliphatic carbocycles. The first kappa shape index (κ1) is 11.9. The summed E-state index contributed by atoms with van der Waals surface area (Å²) < 4.78 is 5.07. The van der Waals surface area contributed by atoms with Crippen molar-refractivity contribution < 1.29 is 9.53 Å². The number of hydrogen-bond donors (Lipinski definition) is 1. The van der Waals surface area contributed by atoms with E-state index in [0.29, 0.717) is 5.56 Å². The molecule has 0 bridgehead atoms. The average Bonchev–Trinajstić information content (AvgIpc) is 2.27. The second-order valence-corrected chi connectivity index (χ2v) is 3.98. The highest BCUT2D eigenvalue weighted by Crippen LogP contribution is 2.06. The Morgan fingerprint density at radius 1 is 1.53 bits per heavy atom. The van der Waals surface area contributed by atoms with Crippen LogP contribution in [0.1, 0.15) is 24.2 Å². The van der Waals surface area contributed by atoms with Gasteiger partial charge in [0.2, 0.25) is 0 Å². The largest absolute Gasteiger partial charge is 0.460 e. The number of ether oxygens (including phenoxy) is 1. The van der Waals surface area contributed by atoms with Gasteiger partial charge in [0.1, 0.15) is 6.61 Å². The molecular weight excluding hydrogens is 216 g/mol. The first-order valence-electron chi connectivity index (χ1n) is 4.50. The summed E-state index contributed by atoms with van der Waals surface area (Å²) in [6.07, 6.45) is 3.09. The standard InChI is InChI=1S/C10H13ClN2O2/c1-10(2,13-11)7-15-9(14)8-3-5-12-6-4-8/h3-6,13H,7H2,1-2H3. The van der Waals surface area contributed by atoms with Crippen molar-refractivity contribution in [3.05, 3.63) is 30.1 Å². The van der Waals surface area contributed by atoms with Gasteiger partial charge in [-0.3, -0.25) is 4.98 Å². The molecule has 0 saturated heterocycles. The van der Waals surface area contributed by atoms with Crippen molar-refractivity contribution in [2.45, 2.75) is 19.4 Å². The molecule has 1 rings (SSSR count). The molecule has 0 radical (unpaired) electrons. The predicted octanol–water partition coefficient (Wildman–Crippen LogP) is 1.76. The molecule has 15 heavy (non-hydrogen) atoms. The summed E-state index contributed by atoms with van der Waals surface area (Å²) in [5.41, 5.74) is 0.0416. The van der Waals surface area contributed by atoms with Crippen molar-refractivity contribution in [1.29, 1.82) is 0 Å². The highest BCUT2D eigenvalue weighted by atomic mass is 35.5. The lowest BCUT2D eigenvalue weighted by atomic mass is 10.1. The van der Waals surface area contributed by atoms with Crippen LogP contribution in [0, 0.1) is 0 Å². The molecule has 0 saturated carbocycles. The van der Waals surface area contributed by atoms with Gasteiger partial charge in [-0.2, -0.15) is 0 Å². The number of aromatic nitrogens is 1. The zero-order chi connectivity index (χ0) is 11.3.